The Hall–Kier alpha value is -5.54. The van der Waals surface area contributed by atoms with Gasteiger partial charge in [-0.3, -0.25) is 5.41 Å². The van der Waals surface area contributed by atoms with Gasteiger partial charge in [0.2, 0.25) is 12.2 Å². The minimum Gasteiger partial charge on any atom is -0.445 e. The molecule has 32 nitrogen and oxygen atoms in total. The van der Waals surface area contributed by atoms with E-state index in [4.69, 9.17) is 182 Å². The molecule has 12 rings (SSSR count). The average molecular weight is 1840 g/mol. The highest BCUT2D eigenvalue weighted by atomic mass is 35.6. The second-order valence-electron chi connectivity index (χ2n) is 31.2. The third-order valence-electron chi connectivity index (χ3n) is 22.9. The van der Waals surface area contributed by atoms with Crippen molar-refractivity contribution in [3.63, 3.8) is 0 Å². The number of rotatable bonds is 47. The van der Waals surface area contributed by atoms with Crippen LogP contribution in [0.1, 0.15) is 33.4 Å². The van der Waals surface area contributed by atoms with Crippen molar-refractivity contribution >= 4 is 40.7 Å². The van der Waals surface area contributed by atoms with Crippen molar-refractivity contribution in [2.75, 3.05) is 125 Å². The Morgan fingerprint density at radius 1 is 0.260 bits per heavy atom. The molecule has 0 spiro atoms. The summed E-state index contributed by atoms with van der Waals surface area (Å²) >= 11 is 18.6. The normalized spacial score (nSPS) is 33.7. The van der Waals surface area contributed by atoms with Crippen molar-refractivity contribution in [1.82, 2.24) is 0 Å². The van der Waals surface area contributed by atoms with E-state index in [1.807, 2.05) is 182 Å². The second-order valence-corrected chi connectivity index (χ2v) is 33.5. The van der Waals surface area contributed by atoms with Crippen molar-refractivity contribution in [3.8, 4) is 0 Å². The van der Waals surface area contributed by atoms with Gasteiger partial charge >= 0.3 is 0 Å². The average Bonchev–Trinajstić information content (AvgIpc) is 0.759. The van der Waals surface area contributed by atoms with Crippen LogP contribution in [0.15, 0.2) is 182 Å². The molecule has 0 aromatic heterocycles. The molecule has 702 valence electrons. The highest BCUT2D eigenvalue weighted by Crippen LogP contribution is 2.44. The molecule has 35 heteroatoms. The largest absolute Gasteiger partial charge is 0.445 e. The Morgan fingerprint density at radius 3 is 0.646 bits per heavy atom. The molecule has 0 amide bonds. The van der Waals surface area contributed by atoms with Crippen LogP contribution in [0.25, 0.3) is 0 Å². The fourth-order valence-electron chi connectivity index (χ4n) is 16.7. The molecule has 6 aliphatic rings. The fraction of sp³-hybridized carbons (Fsp3) is 0.598. The van der Waals surface area contributed by atoms with Crippen molar-refractivity contribution < 1.29 is 147 Å². The quantitative estimate of drug-likeness (QED) is 0.0204. The van der Waals surface area contributed by atoms with Gasteiger partial charge in [0.1, 0.15) is 146 Å². The maximum absolute atomic E-state index is 12.0. The third kappa shape index (κ3) is 26.5. The van der Waals surface area contributed by atoms with Gasteiger partial charge in [0.05, 0.1) is 79.3 Å². The fourth-order valence-corrected chi connectivity index (χ4v) is 16.9. The van der Waals surface area contributed by atoms with Crippen molar-refractivity contribution in [2.24, 2.45) is 0 Å². The van der Waals surface area contributed by atoms with Gasteiger partial charge in [-0.2, -0.15) is 0 Å². The van der Waals surface area contributed by atoms with Gasteiger partial charge in [-0.25, -0.2) is 0 Å². The molecule has 0 bridgehead atoms. The third-order valence-corrected chi connectivity index (χ3v) is 23.4. The summed E-state index contributed by atoms with van der Waals surface area (Å²) in [6, 6.07) is 57.5. The van der Waals surface area contributed by atoms with E-state index in [0.717, 1.165) is 33.4 Å². The summed E-state index contributed by atoms with van der Waals surface area (Å²) in [5.74, 6) is -0.733. The van der Waals surface area contributed by atoms with Crippen molar-refractivity contribution in [3.05, 3.63) is 215 Å². The number of halogens is 3. The molecule has 1 unspecified atom stereocenters. The maximum atomic E-state index is 12.0. The van der Waals surface area contributed by atoms with Gasteiger partial charge in [-0.1, -0.05) is 217 Å². The number of aliphatic hydroxyl groups excluding tert-OH is 1. The predicted molar refractivity (Wildman–Crippen MR) is 458 cm³/mol. The number of hydrogen-bond donors (Lipinski definition) is 2. The van der Waals surface area contributed by atoms with Crippen LogP contribution in [-0.4, -0.2) is 324 Å². The number of nitrogens with one attached hydrogen (secondary N) is 1. The Labute approximate surface area is 757 Å². The van der Waals surface area contributed by atoms with Gasteiger partial charge in [0.15, 0.2) is 31.5 Å². The summed E-state index contributed by atoms with van der Waals surface area (Å²) in [5, 5.41) is 20.6. The van der Waals surface area contributed by atoms with Crippen LogP contribution in [-0.2, 0) is 182 Å². The smallest absolute Gasteiger partial charge is 0.265 e. The Kier molecular flexibility index (Phi) is 40.4. The summed E-state index contributed by atoms with van der Waals surface area (Å²) < 4.78 is 199. The highest BCUT2D eigenvalue weighted by Gasteiger charge is 2.61. The standard InChI is InChI=1S/C92H122Cl3NO31/c1-98-49-61-67(97)73(110-43-55-31-19-13-20-32-55)79(104-7)85(116-61)122-68-62(50-99-2)117-86(80(105-8)74(68)111-44-56-33-21-14-22-34-56)123-69-63(51-100-3)118-87(81(106-9)75(69)112-45-57-35-23-15-24-36-57)124-70-64(52-101-4)119-88(82(107-10)76(70)113-46-58-37-25-16-26-38-58)125-71-65(53-102-5)120-89(83(108-11)77(71)114-47-59-39-27-17-28-40-59)126-72-66(54-103-6)121-90(127-91(96)92(93,94)95)84(109-12)78(72)115-48-60-41-29-18-30-42-60/h13-42,61-90,96-97H,43-54H2,1-12H3/t61-,62-,63-,64-,65-,66-,67-,68-,69-,70-,71-,72-,73+,74+,75+,76+,77+,78+,79-,80-,81-,82-,83-,84-,85-,86-,87-,88-,89-,90?/m1/s1. The van der Waals surface area contributed by atoms with E-state index in [1.54, 1.807) is 0 Å². The Morgan fingerprint density at radius 2 is 0.441 bits per heavy atom. The molecular weight excluding hydrogens is 1720 g/mol. The molecule has 2 N–H and O–H groups in total. The van der Waals surface area contributed by atoms with Crippen LogP contribution >= 0.6 is 34.8 Å². The molecule has 0 saturated carbocycles. The van der Waals surface area contributed by atoms with E-state index in [2.05, 4.69) is 0 Å². The van der Waals surface area contributed by atoms with E-state index in [0.29, 0.717) is 0 Å². The number of methoxy groups -OCH3 is 12. The van der Waals surface area contributed by atoms with E-state index in [9.17, 15) is 5.11 Å². The first-order valence-electron chi connectivity index (χ1n) is 42.2. The number of ether oxygens (including phenoxy) is 30. The van der Waals surface area contributed by atoms with E-state index < -0.39 is 194 Å². The number of alkyl halides is 3. The number of aliphatic hydroxyl groups is 1. The minimum absolute atomic E-state index is 0.0211. The summed E-state index contributed by atoms with van der Waals surface area (Å²) in [5.41, 5.74) is 4.95. The molecule has 6 aliphatic heterocycles. The van der Waals surface area contributed by atoms with Crippen LogP contribution in [0.2, 0.25) is 0 Å². The van der Waals surface area contributed by atoms with Crippen LogP contribution in [0, 0.1) is 5.41 Å². The topological polar surface area (TPSA) is 321 Å². The van der Waals surface area contributed by atoms with Gasteiger partial charge in [0, 0.05) is 85.3 Å². The molecule has 6 saturated heterocycles. The molecule has 127 heavy (non-hydrogen) atoms. The SMILES string of the molecule is COC[C@H]1O[C@H](O[C@H]2[C@H](OCc3ccccc3)[C@@H](OC)[C@@H](O[C@H]3[C@H](OCc4ccccc4)[C@@H](OC)[C@@H](O[C@H]4[C@H](OCc5ccccc5)[C@@H](OC)[C@@H](O[C@H]5[C@H](OCc6ccccc6)[C@@H](OC)[C@@H](O[C@H]6[C@H](OCc7ccccc7)[C@@H](OC)C(OC(=N)C(Cl)(Cl)Cl)O[C@@H]6COC)O[C@@H]5COC)O[C@@H]4COC)O[C@@H]3COC)O[C@@H]2COC)[C@H](OC)[C@@H](OCc2ccccc2)[C@@H]1O. The lowest BCUT2D eigenvalue weighted by atomic mass is 9.94. The number of benzene rings is 6. The van der Waals surface area contributed by atoms with E-state index >= 15 is 0 Å². The lowest BCUT2D eigenvalue weighted by Gasteiger charge is -2.53. The van der Waals surface area contributed by atoms with Gasteiger partial charge in [-0.15, -0.1) is 0 Å². The summed E-state index contributed by atoms with van der Waals surface area (Å²) in [6.45, 7) is -0.195. The molecule has 6 heterocycles. The van der Waals surface area contributed by atoms with Crippen molar-refractivity contribution in [1.29, 1.82) is 5.41 Å². The molecule has 0 radical (unpaired) electrons. The minimum atomic E-state index is -2.27. The second kappa shape index (κ2) is 51.1. The molecule has 0 aliphatic carbocycles. The van der Waals surface area contributed by atoms with E-state index in [1.165, 1.54) is 85.3 Å². The van der Waals surface area contributed by atoms with Gasteiger partial charge in [0.25, 0.3) is 3.79 Å². The molecule has 6 fully saturated rings. The zero-order valence-electron chi connectivity index (χ0n) is 73.5. The van der Waals surface area contributed by atoms with Gasteiger partial charge < -0.3 is 147 Å². The monoisotopic (exact) mass is 1840 g/mol. The zero-order valence-corrected chi connectivity index (χ0v) is 75.7. The highest BCUT2D eigenvalue weighted by molar-refractivity contribution is 6.76. The summed E-state index contributed by atoms with van der Waals surface area (Å²) in [6.07, 6.45) is -34.3. The lowest BCUT2D eigenvalue weighted by Crippen LogP contribution is -2.69. The molecule has 6 aromatic rings. The maximum Gasteiger partial charge on any atom is 0.265 e. The van der Waals surface area contributed by atoms with Crippen LogP contribution in [0.5, 0.6) is 0 Å². The zero-order chi connectivity index (χ0) is 89.8. The van der Waals surface area contributed by atoms with Crippen LogP contribution in [0.3, 0.4) is 0 Å². The predicted octanol–water partition coefficient (Wildman–Crippen LogP) is 9.47. The van der Waals surface area contributed by atoms with Gasteiger partial charge in [-0.05, 0) is 33.4 Å². The first kappa shape index (κ1) is 100. The van der Waals surface area contributed by atoms with Crippen LogP contribution < -0.4 is 0 Å². The summed E-state index contributed by atoms with van der Waals surface area (Å²) in [4.78, 5) is 0. The first-order valence-corrected chi connectivity index (χ1v) is 43.3. The number of hydrogen-bond acceptors (Lipinski definition) is 32. The first-order chi connectivity index (χ1) is 61.9. The lowest BCUT2D eigenvalue weighted by molar-refractivity contribution is -0.405. The molecule has 6 aromatic carbocycles. The van der Waals surface area contributed by atoms with Crippen LogP contribution in [0.4, 0.5) is 0 Å². The van der Waals surface area contributed by atoms with Crippen molar-refractivity contribution in [2.45, 2.75) is 228 Å². The summed E-state index contributed by atoms with van der Waals surface area (Å²) in [7, 11) is 18.1. The molecular formula is C92H122Cl3NO31. The molecule has 30 atom stereocenters. The van der Waals surface area contributed by atoms with E-state index in [-0.39, 0.29) is 79.3 Å². The Balaban J connectivity index is 0.875. The Bertz CT molecular complexity index is 4050.